The molecule has 8 heteroatoms. The fourth-order valence-electron chi connectivity index (χ4n) is 2.47. The fourth-order valence-corrected chi connectivity index (χ4v) is 2.47. The Morgan fingerprint density at radius 1 is 1.24 bits per heavy atom. The first-order valence-electron chi connectivity index (χ1n) is 7.93. The number of amides is 1. The first kappa shape index (κ1) is 16.4. The second-order valence-corrected chi connectivity index (χ2v) is 5.41. The van der Waals surface area contributed by atoms with Crippen molar-refractivity contribution in [1.82, 2.24) is 24.8 Å². The second-order valence-electron chi connectivity index (χ2n) is 5.41. The number of nitrogens with one attached hydrogen (secondary N) is 1. The lowest BCUT2D eigenvalue weighted by atomic mass is 10.1. The van der Waals surface area contributed by atoms with Gasteiger partial charge in [0.2, 0.25) is 5.91 Å². The minimum atomic E-state index is -0.293. The van der Waals surface area contributed by atoms with Crippen molar-refractivity contribution in [2.75, 3.05) is 5.32 Å². The quantitative estimate of drug-likeness (QED) is 0.743. The molecule has 0 spiro atoms. The number of carbonyl (C=O) groups is 1. The molecule has 1 N–H and O–H groups in total. The molecular weight excluding hydrogens is 318 g/mol. The Kier molecular flexibility index (Phi) is 4.85. The van der Waals surface area contributed by atoms with Gasteiger partial charge >= 0.3 is 0 Å². The van der Waals surface area contributed by atoms with Gasteiger partial charge in [-0.05, 0) is 6.42 Å². The molecule has 0 saturated heterocycles. The second kappa shape index (κ2) is 7.40. The van der Waals surface area contributed by atoms with Crippen molar-refractivity contribution in [3.8, 4) is 17.3 Å². The molecule has 0 atom stereocenters. The Hall–Kier alpha value is -3.47. The van der Waals surface area contributed by atoms with E-state index in [1.54, 1.807) is 16.9 Å². The van der Waals surface area contributed by atoms with Gasteiger partial charge < -0.3 is 5.32 Å². The van der Waals surface area contributed by atoms with Crippen molar-refractivity contribution >= 4 is 11.7 Å². The summed E-state index contributed by atoms with van der Waals surface area (Å²) >= 11 is 0. The van der Waals surface area contributed by atoms with E-state index in [-0.39, 0.29) is 18.1 Å². The molecule has 0 unspecified atom stereocenters. The Morgan fingerprint density at radius 3 is 2.76 bits per heavy atom. The highest BCUT2D eigenvalue weighted by atomic mass is 16.2. The first-order valence-corrected chi connectivity index (χ1v) is 7.93. The normalized spacial score (nSPS) is 10.4. The summed E-state index contributed by atoms with van der Waals surface area (Å²) in [4.78, 5) is 12.3. The minimum absolute atomic E-state index is 0.0972. The minimum Gasteiger partial charge on any atom is -0.309 e. The van der Waals surface area contributed by atoms with E-state index in [2.05, 4.69) is 26.8 Å². The summed E-state index contributed by atoms with van der Waals surface area (Å²) in [7, 11) is 0. The van der Waals surface area contributed by atoms with E-state index in [0.29, 0.717) is 18.1 Å². The molecule has 126 valence electrons. The first-order chi connectivity index (χ1) is 12.2. The monoisotopic (exact) mass is 335 g/mol. The lowest BCUT2D eigenvalue weighted by Crippen LogP contribution is -2.22. The van der Waals surface area contributed by atoms with Crippen LogP contribution in [-0.4, -0.2) is 30.7 Å². The zero-order chi connectivity index (χ0) is 17.6. The van der Waals surface area contributed by atoms with Crippen LogP contribution in [0.4, 0.5) is 5.82 Å². The van der Waals surface area contributed by atoms with Gasteiger partial charge in [0.05, 0.1) is 6.20 Å². The molecule has 0 saturated carbocycles. The maximum atomic E-state index is 12.3. The third kappa shape index (κ3) is 3.55. The van der Waals surface area contributed by atoms with Gasteiger partial charge in [0.15, 0.2) is 5.69 Å². The van der Waals surface area contributed by atoms with Crippen LogP contribution in [0, 0.1) is 11.3 Å². The zero-order valence-corrected chi connectivity index (χ0v) is 13.8. The highest BCUT2D eigenvalue weighted by Crippen LogP contribution is 2.20. The third-order valence-corrected chi connectivity index (χ3v) is 3.60. The number of carbonyl (C=O) groups excluding carboxylic acids is 1. The van der Waals surface area contributed by atoms with Crippen LogP contribution >= 0.6 is 0 Å². The van der Waals surface area contributed by atoms with E-state index in [1.807, 2.05) is 37.3 Å². The van der Waals surface area contributed by atoms with Crippen LogP contribution in [0.25, 0.3) is 11.3 Å². The highest BCUT2D eigenvalue weighted by molar-refractivity contribution is 5.89. The van der Waals surface area contributed by atoms with Gasteiger partial charge in [-0.25, -0.2) is 9.36 Å². The Morgan fingerprint density at radius 2 is 2.04 bits per heavy atom. The van der Waals surface area contributed by atoms with Crippen molar-refractivity contribution in [1.29, 1.82) is 5.26 Å². The number of anilines is 1. The molecule has 1 aromatic carbocycles. The number of benzene rings is 1. The number of rotatable bonds is 6. The van der Waals surface area contributed by atoms with Gasteiger partial charge in [-0.1, -0.05) is 42.5 Å². The molecule has 0 aliphatic heterocycles. The fraction of sp³-hybridized carbons (Fsp3) is 0.235. The summed E-state index contributed by atoms with van der Waals surface area (Å²) in [5, 5.41) is 24.4. The molecule has 3 rings (SSSR count). The summed E-state index contributed by atoms with van der Waals surface area (Å²) < 4.78 is 3.03. The molecule has 2 aromatic heterocycles. The van der Waals surface area contributed by atoms with E-state index < -0.39 is 0 Å². The van der Waals surface area contributed by atoms with Crippen LogP contribution in [0.5, 0.6) is 0 Å². The molecule has 0 fully saturated rings. The van der Waals surface area contributed by atoms with Gasteiger partial charge in [0.1, 0.15) is 24.1 Å². The molecule has 0 aliphatic rings. The molecule has 0 aliphatic carbocycles. The smallest absolute Gasteiger partial charge is 0.247 e. The van der Waals surface area contributed by atoms with E-state index in [0.717, 1.165) is 12.0 Å². The third-order valence-electron chi connectivity index (χ3n) is 3.60. The summed E-state index contributed by atoms with van der Waals surface area (Å²) in [5.41, 5.74) is 1.50. The Balaban J connectivity index is 1.77. The van der Waals surface area contributed by atoms with E-state index >= 15 is 0 Å². The number of aromatic nitrogens is 5. The molecule has 8 nitrogen and oxygen atoms in total. The average molecular weight is 335 g/mol. The molecule has 25 heavy (non-hydrogen) atoms. The van der Waals surface area contributed by atoms with Crippen molar-refractivity contribution in [2.45, 2.75) is 26.4 Å². The van der Waals surface area contributed by atoms with Crippen molar-refractivity contribution < 1.29 is 4.79 Å². The number of hydrogen-bond donors (Lipinski definition) is 1. The van der Waals surface area contributed by atoms with Gasteiger partial charge in [-0.3, -0.25) is 4.79 Å². The maximum absolute atomic E-state index is 12.3. The number of nitriles is 1. The predicted octanol–water partition coefficient (Wildman–Crippen LogP) is 2.06. The van der Waals surface area contributed by atoms with E-state index in [1.165, 1.54) is 4.68 Å². The summed E-state index contributed by atoms with van der Waals surface area (Å²) in [6.07, 6.45) is 2.54. The Labute approximate surface area is 144 Å². The van der Waals surface area contributed by atoms with Crippen molar-refractivity contribution in [2.24, 2.45) is 0 Å². The SMILES string of the molecule is CCCn1nccc1NC(=O)Cn1nnc(-c2ccccc2)c1C#N. The number of nitrogens with zero attached hydrogens (tertiary/aromatic N) is 6. The average Bonchev–Trinajstić information content (AvgIpc) is 3.23. The molecule has 0 bridgehead atoms. The zero-order valence-electron chi connectivity index (χ0n) is 13.8. The molecule has 0 radical (unpaired) electrons. The van der Waals surface area contributed by atoms with Crippen LogP contribution in [-0.2, 0) is 17.9 Å². The van der Waals surface area contributed by atoms with Gasteiger partial charge in [-0.2, -0.15) is 10.4 Å². The molecule has 3 aromatic rings. The molecular formula is C17H17N7O. The van der Waals surface area contributed by atoms with Crippen molar-refractivity contribution in [3.63, 3.8) is 0 Å². The van der Waals surface area contributed by atoms with Crippen LogP contribution in [0.15, 0.2) is 42.6 Å². The summed E-state index contributed by atoms with van der Waals surface area (Å²) in [6.45, 7) is 2.65. The lowest BCUT2D eigenvalue weighted by Gasteiger charge is -2.08. The summed E-state index contributed by atoms with van der Waals surface area (Å²) in [6, 6.07) is 13.1. The van der Waals surface area contributed by atoms with Gasteiger partial charge in [0.25, 0.3) is 0 Å². The molecule has 1 amide bonds. The number of aryl methyl sites for hydroxylation is 1. The van der Waals surface area contributed by atoms with Crippen LogP contribution < -0.4 is 5.32 Å². The summed E-state index contributed by atoms with van der Waals surface area (Å²) in [5.74, 6) is 0.327. The topological polar surface area (TPSA) is 101 Å². The standard InChI is InChI=1S/C17H17N7O/c1-2-10-23-15(8-9-19-23)20-16(25)12-24-14(11-18)17(21-22-24)13-6-4-3-5-7-13/h3-9H,2,10,12H2,1H3,(H,20,25). The van der Waals surface area contributed by atoms with E-state index in [4.69, 9.17) is 0 Å². The largest absolute Gasteiger partial charge is 0.309 e. The predicted molar refractivity (Wildman–Crippen MR) is 91.3 cm³/mol. The number of hydrogen-bond acceptors (Lipinski definition) is 5. The van der Waals surface area contributed by atoms with Crippen LogP contribution in [0.1, 0.15) is 19.0 Å². The van der Waals surface area contributed by atoms with Crippen LogP contribution in [0.2, 0.25) is 0 Å². The van der Waals surface area contributed by atoms with Gasteiger partial charge in [-0.15, -0.1) is 5.10 Å². The van der Waals surface area contributed by atoms with E-state index in [9.17, 15) is 10.1 Å². The Bertz CT molecular complexity index is 905. The highest BCUT2D eigenvalue weighted by Gasteiger charge is 2.17. The molecule has 2 heterocycles. The lowest BCUT2D eigenvalue weighted by molar-refractivity contribution is -0.117. The maximum Gasteiger partial charge on any atom is 0.247 e. The van der Waals surface area contributed by atoms with Crippen LogP contribution in [0.3, 0.4) is 0 Å². The van der Waals surface area contributed by atoms with Crippen molar-refractivity contribution in [3.05, 3.63) is 48.3 Å². The van der Waals surface area contributed by atoms with Gasteiger partial charge in [0, 0.05) is 18.2 Å².